The molecule has 0 rings (SSSR count). The Balaban J connectivity index is -0.0000000720. The lowest BCUT2D eigenvalue weighted by Crippen LogP contribution is -2.34. The topological polar surface area (TPSA) is 0 Å². The molecule has 0 spiro atoms. The van der Waals surface area contributed by atoms with Gasteiger partial charge in [-0.15, -0.1) is 0 Å². The zero-order valence-electron chi connectivity index (χ0n) is 13.2. The van der Waals surface area contributed by atoms with E-state index in [2.05, 4.69) is 62.3 Å². The fourth-order valence-electron chi connectivity index (χ4n) is 3.02. The molecule has 0 aromatic heterocycles. The summed E-state index contributed by atoms with van der Waals surface area (Å²) < 4.78 is 0. The van der Waals surface area contributed by atoms with Gasteiger partial charge in [-0.05, 0) is 15.5 Å². The van der Waals surface area contributed by atoms with Gasteiger partial charge in [0.2, 0.25) is 0 Å². The van der Waals surface area contributed by atoms with E-state index in [-0.39, 0.29) is 35.2 Å². The Morgan fingerprint density at radius 2 is 0.556 bits per heavy atom. The molecular weight excluding hydrogens is 262 g/mol. The van der Waals surface area contributed by atoms with Crippen molar-refractivity contribution < 1.29 is 18.8 Å². The van der Waals surface area contributed by atoms with E-state index in [1.54, 1.807) is 0 Å². The van der Waals surface area contributed by atoms with Crippen LogP contribution in [-0.2, 0) is 0 Å². The van der Waals surface area contributed by atoms with Crippen LogP contribution in [0.4, 0.5) is 18.8 Å². The normalized spacial score (nSPS) is 11.0. The predicted molar refractivity (Wildman–Crippen MR) is 81.9 cm³/mol. The number of halogens is 4. The second-order valence-electron chi connectivity index (χ2n) is 6.85. The lowest BCUT2D eigenvalue weighted by Gasteiger charge is -2.49. The molecule has 0 saturated carbocycles. The van der Waals surface area contributed by atoms with Crippen LogP contribution in [0.1, 0.15) is 62.3 Å². The molecule has 115 valence electrons. The average Bonchev–Trinajstić information content (AvgIpc) is 1.44. The van der Waals surface area contributed by atoms with Crippen LogP contribution in [0, 0.1) is 0 Å². The molecule has 0 fully saturated rings. The molecule has 0 nitrogen and oxygen atoms in total. The SMILES string of the molecule is CC(C)(C)P(C(C)(C)C)C(C)(C)C.F.F.F.F.[B]. The van der Waals surface area contributed by atoms with Crippen LogP contribution in [-0.4, -0.2) is 23.9 Å². The monoisotopic (exact) mass is 293 g/mol. The first-order valence-electron chi connectivity index (χ1n) is 5.17. The average molecular weight is 293 g/mol. The molecule has 0 heterocycles. The molecular formula is C12H31BF4P. The predicted octanol–water partition coefficient (Wildman–Crippen LogP) is 5.09. The minimum Gasteiger partial charge on any atom is -0.269 e. The molecule has 0 bridgehead atoms. The Bertz CT molecular complexity index is 147. The van der Waals surface area contributed by atoms with Gasteiger partial charge < -0.3 is 0 Å². The van der Waals surface area contributed by atoms with Crippen molar-refractivity contribution in [3.8, 4) is 0 Å². The molecule has 0 aliphatic rings. The van der Waals surface area contributed by atoms with Gasteiger partial charge in [0.1, 0.15) is 0 Å². The molecule has 0 aliphatic carbocycles. The smallest absolute Gasteiger partial charge is 0 e. The van der Waals surface area contributed by atoms with Crippen molar-refractivity contribution in [3.63, 3.8) is 0 Å². The van der Waals surface area contributed by atoms with Crippen molar-refractivity contribution in [1.82, 2.24) is 0 Å². The van der Waals surface area contributed by atoms with E-state index in [0.717, 1.165) is 0 Å². The summed E-state index contributed by atoms with van der Waals surface area (Å²) in [6.45, 7) is 21.5. The van der Waals surface area contributed by atoms with E-state index < -0.39 is 0 Å². The summed E-state index contributed by atoms with van der Waals surface area (Å²) in [6.07, 6.45) is 0. The van der Waals surface area contributed by atoms with Crippen molar-refractivity contribution in [2.24, 2.45) is 0 Å². The van der Waals surface area contributed by atoms with E-state index in [1.165, 1.54) is 0 Å². The third-order valence-corrected chi connectivity index (χ3v) is 6.04. The Kier molecular flexibility index (Phi) is 20.2. The lowest BCUT2D eigenvalue weighted by atomic mass is 10.2. The van der Waals surface area contributed by atoms with E-state index in [1.807, 2.05) is 0 Å². The van der Waals surface area contributed by atoms with Crippen LogP contribution in [0.5, 0.6) is 0 Å². The molecule has 0 amide bonds. The van der Waals surface area contributed by atoms with Gasteiger partial charge in [-0.2, -0.15) is 0 Å². The van der Waals surface area contributed by atoms with Crippen LogP contribution >= 0.6 is 7.92 Å². The van der Waals surface area contributed by atoms with Gasteiger partial charge in [0, 0.05) is 8.41 Å². The van der Waals surface area contributed by atoms with Crippen LogP contribution < -0.4 is 0 Å². The van der Waals surface area contributed by atoms with Crippen LogP contribution in [0.15, 0.2) is 0 Å². The third-order valence-electron chi connectivity index (χ3n) is 2.01. The van der Waals surface area contributed by atoms with Crippen molar-refractivity contribution in [2.75, 3.05) is 0 Å². The summed E-state index contributed by atoms with van der Waals surface area (Å²) >= 11 is 0. The van der Waals surface area contributed by atoms with Crippen molar-refractivity contribution in [2.45, 2.75) is 77.8 Å². The van der Waals surface area contributed by atoms with E-state index in [0.29, 0.717) is 15.5 Å². The summed E-state index contributed by atoms with van der Waals surface area (Å²) in [7, 11) is 0.0162. The first-order valence-corrected chi connectivity index (χ1v) is 6.51. The lowest BCUT2D eigenvalue weighted by molar-refractivity contribution is 0.644. The largest absolute Gasteiger partial charge is 0.269 e. The molecule has 0 aromatic rings. The maximum Gasteiger partial charge on any atom is 0 e. The molecule has 0 unspecified atom stereocenters. The zero-order valence-corrected chi connectivity index (χ0v) is 14.1. The molecule has 3 radical (unpaired) electrons. The van der Waals surface area contributed by atoms with Gasteiger partial charge in [0.15, 0.2) is 0 Å². The maximum absolute atomic E-state index is 2.38. The molecule has 6 heteroatoms. The van der Waals surface area contributed by atoms with Gasteiger partial charge in [-0.3, -0.25) is 18.8 Å². The van der Waals surface area contributed by atoms with Gasteiger partial charge in [0.05, 0.1) is 0 Å². The number of hydrogen-bond acceptors (Lipinski definition) is 0. The summed E-state index contributed by atoms with van der Waals surface area (Å²) in [5.74, 6) is 0. The Morgan fingerprint density at radius 3 is 0.556 bits per heavy atom. The third kappa shape index (κ3) is 11.3. The van der Waals surface area contributed by atoms with E-state index in [9.17, 15) is 0 Å². The summed E-state index contributed by atoms with van der Waals surface area (Å²) in [6, 6.07) is 0. The fraction of sp³-hybridized carbons (Fsp3) is 1.00. The summed E-state index contributed by atoms with van der Waals surface area (Å²) in [5, 5.41) is 1.35. The first kappa shape index (κ1) is 36.2. The highest BCUT2D eigenvalue weighted by atomic mass is 31.1. The molecule has 18 heavy (non-hydrogen) atoms. The van der Waals surface area contributed by atoms with Crippen LogP contribution in [0.2, 0.25) is 0 Å². The van der Waals surface area contributed by atoms with Gasteiger partial charge in [-0.1, -0.05) is 70.2 Å². The highest BCUT2D eigenvalue weighted by Crippen LogP contribution is 2.66. The molecule has 0 atom stereocenters. The highest BCUT2D eigenvalue weighted by Gasteiger charge is 2.41. The Hall–Kier alpha value is 0.215. The minimum atomic E-state index is 0. The van der Waals surface area contributed by atoms with E-state index >= 15 is 0 Å². The quantitative estimate of drug-likeness (QED) is 0.331. The fourth-order valence-corrected chi connectivity index (χ4v) is 9.06. The van der Waals surface area contributed by atoms with Crippen LogP contribution in [0.25, 0.3) is 0 Å². The van der Waals surface area contributed by atoms with Crippen molar-refractivity contribution in [3.05, 3.63) is 0 Å². The van der Waals surface area contributed by atoms with Crippen molar-refractivity contribution >= 4 is 16.3 Å². The summed E-state index contributed by atoms with van der Waals surface area (Å²) in [5.41, 5.74) is 0. The second kappa shape index (κ2) is 10.1. The van der Waals surface area contributed by atoms with Gasteiger partial charge in [0.25, 0.3) is 0 Å². The molecule has 0 aliphatic heterocycles. The zero-order chi connectivity index (χ0) is 11.1. The molecule has 0 aromatic carbocycles. The highest BCUT2D eigenvalue weighted by molar-refractivity contribution is 7.62. The maximum atomic E-state index is 2.38. The number of hydrogen-bond donors (Lipinski definition) is 0. The van der Waals surface area contributed by atoms with Gasteiger partial charge >= 0.3 is 0 Å². The Labute approximate surface area is 113 Å². The Morgan fingerprint density at radius 1 is 0.444 bits per heavy atom. The number of rotatable bonds is 0. The van der Waals surface area contributed by atoms with E-state index in [4.69, 9.17) is 0 Å². The van der Waals surface area contributed by atoms with Gasteiger partial charge in [-0.25, -0.2) is 0 Å². The van der Waals surface area contributed by atoms with Crippen molar-refractivity contribution in [1.29, 1.82) is 0 Å². The minimum absolute atomic E-state index is 0. The van der Waals surface area contributed by atoms with Crippen LogP contribution in [0.3, 0.4) is 0 Å². The standard InChI is InChI=1S/C12H27P.B.4FH/c1-10(2,3)13(11(4,5)6)12(7,8)9;;;;;/h1-9H3;;4*1H. The second-order valence-corrected chi connectivity index (χ2v) is 11.5. The first-order chi connectivity index (χ1) is 5.37. The molecule has 0 N–H and O–H groups in total. The molecule has 0 saturated heterocycles. The summed E-state index contributed by atoms with van der Waals surface area (Å²) in [4.78, 5) is 0.